The average molecular weight is 280 g/mol. The molecule has 2 saturated carbocycles. The highest BCUT2D eigenvalue weighted by molar-refractivity contribution is 5.05. The minimum absolute atomic E-state index is 0.310. The molecule has 20 heavy (non-hydrogen) atoms. The van der Waals surface area contributed by atoms with E-state index < -0.39 is 0 Å². The summed E-state index contributed by atoms with van der Waals surface area (Å²) in [7, 11) is 0. The molecule has 3 atom stereocenters. The van der Waals surface area contributed by atoms with Crippen LogP contribution in [-0.2, 0) is 0 Å². The van der Waals surface area contributed by atoms with Crippen LogP contribution in [0.1, 0.15) is 72.6 Å². The first-order valence-corrected chi connectivity index (χ1v) is 9.04. The highest BCUT2D eigenvalue weighted by Crippen LogP contribution is 2.44. The van der Waals surface area contributed by atoms with Crippen LogP contribution in [0.2, 0.25) is 0 Å². The van der Waals surface area contributed by atoms with E-state index in [2.05, 4.69) is 32.6 Å². The Morgan fingerprint density at radius 2 is 1.50 bits per heavy atom. The molecule has 0 bridgehead atoms. The zero-order valence-corrected chi connectivity index (χ0v) is 14.2. The van der Waals surface area contributed by atoms with Gasteiger partial charge in [-0.2, -0.15) is 0 Å². The maximum atomic E-state index is 6.92. The van der Waals surface area contributed by atoms with Gasteiger partial charge in [0.15, 0.2) is 0 Å². The van der Waals surface area contributed by atoms with Crippen molar-refractivity contribution in [2.24, 2.45) is 23.5 Å². The molecule has 0 aliphatic heterocycles. The SMILES string of the molecule is CCN(CC)C1(C(N)C2CC(C)CC(C)C2)CCCC1. The van der Waals surface area contributed by atoms with Gasteiger partial charge in [-0.05, 0) is 62.9 Å². The van der Waals surface area contributed by atoms with Gasteiger partial charge >= 0.3 is 0 Å². The van der Waals surface area contributed by atoms with E-state index in [1.54, 1.807) is 0 Å². The Kier molecular flexibility index (Phi) is 5.53. The molecule has 2 aliphatic carbocycles. The summed E-state index contributed by atoms with van der Waals surface area (Å²) in [5.41, 5.74) is 7.23. The lowest BCUT2D eigenvalue weighted by molar-refractivity contribution is 0.0351. The molecule has 118 valence electrons. The smallest absolute Gasteiger partial charge is 0.0362 e. The van der Waals surface area contributed by atoms with E-state index in [1.807, 2.05) is 0 Å². The Morgan fingerprint density at radius 1 is 1.00 bits per heavy atom. The molecule has 0 spiro atoms. The van der Waals surface area contributed by atoms with E-state index in [0.717, 1.165) is 30.8 Å². The number of likely N-dealkylation sites (N-methyl/N-ethyl adjacent to an activating group) is 1. The molecule has 0 radical (unpaired) electrons. The summed E-state index contributed by atoms with van der Waals surface area (Å²) >= 11 is 0. The van der Waals surface area contributed by atoms with Crippen LogP contribution >= 0.6 is 0 Å². The van der Waals surface area contributed by atoms with Crippen LogP contribution in [-0.4, -0.2) is 29.6 Å². The molecule has 0 aromatic carbocycles. The van der Waals surface area contributed by atoms with Crippen molar-refractivity contribution >= 4 is 0 Å². The molecule has 0 aromatic rings. The number of nitrogens with two attached hydrogens (primary N) is 1. The normalized spacial score (nSPS) is 35.4. The van der Waals surface area contributed by atoms with Gasteiger partial charge in [0, 0.05) is 11.6 Å². The Morgan fingerprint density at radius 3 is 1.95 bits per heavy atom. The predicted molar refractivity (Wildman–Crippen MR) is 87.8 cm³/mol. The van der Waals surface area contributed by atoms with Gasteiger partial charge < -0.3 is 5.73 Å². The summed E-state index contributed by atoms with van der Waals surface area (Å²) in [4.78, 5) is 2.69. The maximum Gasteiger partial charge on any atom is 0.0362 e. The van der Waals surface area contributed by atoms with Crippen LogP contribution in [0.4, 0.5) is 0 Å². The Balaban J connectivity index is 2.16. The molecule has 2 heteroatoms. The highest BCUT2D eigenvalue weighted by atomic mass is 15.2. The van der Waals surface area contributed by atoms with Gasteiger partial charge in [-0.1, -0.05) is 40.5 Å². The lowest BCUT2D eigenvalue weighted by atomic mass is 9.68. The first-order valence-electron chi connectivity index (χ1n) is 9.04. The molecular formula is C18H36N2. The summed E-state index contributed by atoms with van der Waals surface area (Å²) in [6.45, 7) is 11.8. The molecule has 2 nitrogen and oxygen atoms in total. The minimum atomic E-state index is 0.310. The molecule has 0 saturated heterocycles. The van der Waals surface area contributed by atoms with Gasteiger partial charge in [-0.3, -0.25) is 4.90 Å². The lowest BCUT2D eigenvalue weighted by Gasteiger charge is -2.49. The van der Waals surface area contributed by atoms with Gasteiger partial charge in [-0.15, -0.1) is 0 Å². The Bertz CT molecular complexity index is 282. The van der Waals surface area contributed by atoms with Crippen molar-refractivity contribution in [2.45, 2.75) is 84.2 Å². The van der Waals surface area contributed by atoms with Gasteiger partial charge in [0.25, 0.3) is 0 Å². The third kappa shape index (κ3) is 3.06. The second-order valence-electron chi connectivity index (χ2n) is 7.69. The van der Waals surface area contributed by atoms with Gasteiger partial charge in [0.2, 0.25) is 0 Å². The van der Waals surface area contributed by atoms with Crippen LogP contribution in [0.3, 0.4) is 0 Å². The topological polar surface area (TPSA) is 29.3 Å². The third-order valence-electron chi connectivity index (χ3n) is 6.21. The quantitative estimate of drug-likeness (QED) is 0.823. The van der Waals surface area contributed by atoms with Crippen LogP contribution in [0, 0.1) is 17.8 Å². The van der Waals surface area contributed by atoms with Crippen molar-refractivity contribution in [1.82, 2.24) is 4.90 Å². The number of hydrogen-bond donors (Lipinski definition) is 1. The molecule has 0 amide bonds. The summed E-state index contributed by atoms with van der Waals surface area (Å²) in [6.07, 6.45) is 9.53. The van der Waals surface area contributed by atoms with E-state index in [0.29, 0.717) is 11.6 Å². The fourth-order valence-corrected chi connectivity index (χ4v) is 5.44. The molecule has 2 aliphatic rings. The zero-order valence-electron chi connectivity index (χ0n) is 14.2. The monoisotopic (exact) mass is 280 g/mol. The number of rotatable bonds is 5. The second-order valence-corrected chi connectivity index (χ2v) is 7.69. The van der Waals surface area contributed by atoms with Crippen LogP contribution < -0.4 is 5.73 Å². The molecule has 2 rings (SSSR count). The van der Waals surface area contributed by atoms with E-state index in [-0.39, 0.29) is 0 Å². The van der Waals surface area contributed by atoms with E-state index in [1.165, 1.54) is 44.9 Å². The molecule has 3 unspecified atom stereocenters. The van der Waals surface area contributed by atoms with Gasteiger partial charge in [0.05, 0.1) is 0 Å². The fraction of sp³-hybridized carbons (Fsp3) is 1.00. The predicted octanol–water partition coefficient (Wildman–Crippen LogP) is 4.04. The van der Waals surface area contributed by atoms with Crippen LogP contribution in [0.15, 0.2) is 0 Å². The van der Waals surface area contributed by atoms with Crippen molar-refractivity contribution in [3.05, 3.63) is 0 Å². The largest absolute Gasteiger partial charge is 0.326 e. The third-order valence-corrected chi connectivity index (χ3v) is 6.21. The number of hydrogen-bond acceptors (Lipinski definition) is 2. The number of nitrogens with zero attached hydrogens (tertiary/aromatic N) is 1. The lowest BCUT2D eigenvalue weighted by Crippen LogP contribution is -2.61. The first-order chi connectivity index (χ1) is 9.53. The second kappa shape index (κ2) is 6.79. The standard InChI is InChI=1S/C18H36N2/c1-5-20(6-2)18(9-7-8-10-18)17(19)16-12-14(3)11-15(4)13-16/h14-17H,5-13,19H2,1-4H3. The minimum Gasteiger partial charge on any atom is -0.326 e. The summed E-state index contributed by atoms with van der Waals surface area (Å²) < 4.78 is 0. The Labute approximate surface area is 126 Å². The van der Waals surface area contributed by atoms with E-state index >= 15 is 0 Å². The summed E-state index contributed by atoms with van der Waals surface area (Å²) in [6, 6.07) is 0.384. The first kappa shape index (κ1) is 16.3. The molecule has 2 N–H and O–H groups in total. The molecule has 0 aromatic heterocycles. The molecule has 2 fully saturated rings. The van der Waals surface area contributed by atoms with E-state index in [9.17, 15) is 0 Å². The molecular weight excluding hydrogens is 244 g/mol. The summed E-state index contributed by atoms with van der Waals surface area (Å²) in [5.74, 6) is 2.47. The van der Waals surface area contributed by atoms with E-state index in [4.69, 9.17) is 5.73 Å². The maximum absolute atomic E-state index is 6.92. The van der Waals surface area contributed by atoms with Crippen LogP contribution in [0.5, 0.6) is 0 Å². The zero-order chi connectivity index (χ0) is 14.8. The highest BCUT2D eigenvalue weighted by Gasteiger charge is 2.47. The van der Waals surface area contributed by atoms with Crippen molar-refractivity contribution in [2.75, 3.05) is 13.1 Å². The van der Waals surface area contributed by atoms with Crippen molar-refractivity contribution < 1.29 is 0 Å². The van der Waals surface area contributed by atoms with Crippen LogP contribution in [0.25, 0.3) is 0 Å². The van der Waals surface area contributed by atoms with Crippen molar-refractivity contribution in [3.8, 4) is 0 Å². The Hall–Kier alpha value is -0.0800. The summed E-state index contributed by atoms with van der Waals surface area (Å²) in [5, 5.41) is 0. The van der Waals surface area contributed by atoms with Crippen molar-refractivity contribution in [3.63, 3.8) is 0 Å². The average Bonchev–Trinajstić information content (AvgIpc) is 2.89. The van der Waals surface area contributed by atoms with Crippen molar-refractivity contribution in [1.29, 1.82) is 0 Å². The molecule has 0 heterocycles. The van der Waals surface area contributed by atoms with Gasteiger partial charge in [0.1, 0.15) is 0 Å². The fourth-order valence-electron chi connectivity index (χ4n) is 5.44. The van der Waals surface area contributed by atoms with Gasteiger partial charge in [-0.25, -0.2) is 0 Å².